The average Bonchev–Trinajstić information content (AvgIpc) is 2.19. The van der Waals surface area contributed by atoms with Gasteiger partial charge in [0.1, 0.15) is 5.82 Å². The van der Waals surface area contributed by atoms with E-state index in [1.807, 2.05) is 0 Å². The molecule has 0 saturated heterocycles. The third-order valence-electron chi connectivity index (χ3n) is 2.30. The number of hydrogen-bond donors (Lipinski definition) is 2. The van der Waals surface area contributed by atoms with Gasteiger partial charge in [-0.3, -0.25) is 0 Å². The number of aliphatic hydroxyl groups excluding tert-OH is 2. The lowest BCUT2D eigenvalue weighted by Crippen LogP contribution is -2.04. The Bertz CT molecular complexity index is 252. The van der Waals surface area contributed by atoms with Gasteiger partial charge in [0.2, 0.25) is 0 Å². The Hall–Kier alpha value is -0.930. The first-order valence-electron chi connectivity index (χ1n) is 4.75. The third kappa shape index (κ3) is 3.09. The van der Waals surface area contributed by atoms with Crippen molar-refractivity contribution in [2.75, 3.05) is 13.2 Å². The van der Waals surface area contributed by atoms with E-state index in [4.69, 9.17) is 10.2 Å². The molecule has 3 heteroatoms. The van der Waals surface area contributed by atoms with Gasteiger partial charge in [-0.15, -0.1) is 0 Å². The van der Waals surface area contributed by atoms with E-state index in [0.717, 1.165) is 5.56 Å². The van der Waals surface area contributed by atoms with Crippen molar-refractivity contribution in [3.8, 4) is 0 Å². The maximum Gasteiger partial charge on any atom is 0.123 e. The first kappa shape index (κ1) is 11.1. The monoisotopic (exact) mass is 198 g/mol. The second-order valence-corrected chi connectivity index (χ2v) is 3.27. The number of aliphatic hydroxyl groups is 2. The molecule has 0 fully saturated rings. The Morgan fingerprint density at radius 3 is 1.93 bits per heavy atom. The van der Waals surface area contributed by atoms with Crippen molar-refractivity contribution in [2.45, 2.75) is 18.8 Å². The highest BCUT2D eigenvalue weighted by atomic mass is 19.1. The van der Waals surface area contributed by atoms with Crippen LogP contribution in [-0.4, -0.2) is 23.4 Å². The van der Waals surface area contributed by atoms with Crippen LogP contribution in [0.3, 0.4) is 0 Å². The second kappa shape index (κ2) is 5.73. The molecule has 0 aliphatic heterocycles. The van der Waals surface area contributed by atoms with Crippen LogP contribution in [0.2, 0.25) is 0 Å². The molecule has 1 aromatic rings. The molecule has 0 amide bonds. The maximum atomic E-state index is 12.6. The maximum absolute atomic E-state index is 12.6. The zero-order valence-electron chi connectivity index (χ0n) is 7.99. The summed E-state index contributed by atoms with van der Waals surface area (Å²) in [5.41, 5.74) is 0.967. The highest BCUT2D eigenvalue weighted by Gasteiger charge is 2.10. The molecule has 1 aromatic carbocycles. The van der Waals surface area contributed by atoms with Crippen molar-refractivity contribution >= 4 is 0 Å². The molecule has 0 atom stereocenters. The Labute approximate surface area is 83.0 Å². The molecule has 0 aromatic heterocycles. The molecule has 0 heterocycles. The van der Waals surface area contributed by atoms with Crippen LogP contribution in [0.1, 0.15) is 24.3 Å². The molecular formula is C11H15FO2. The number of rotatable bonds is 5. The van der Waals surface area contributed by atoms with Crippen LogP contribution in [0, 0.1) is 5.82 Å². The zero-order valence-corrected chi connectivity index (χ0v) is 7.99. The standard InChI is InChI=1S/C11H15FO2/c12-11-3-1-9(2-4-11)10(5-7-13)6-8-14/h1-4,10,13-14H,5-8H2. The van der Waals surface area contributed by atoms with Crippen molar-refractivity contribution in [2.24, 2.45) is 0 Å². The zero-order chi connectivity index (χ0) is 10.4. The van der Waals surface area contributed by atoms with Crippen LogP contribution in [-0.2, 0) is 0 Å². The van der Waals surface area contributed by atoms with Crippen molar-refractivity contribution in [3.63, 3.8) is 0 Å². The summed E-state index contributed by atoms with van der Waals surface area (Å²) < 4.78 is 12.6. The molecule has 0 aliphatic rings. The van der Waals surface area contributed by atoms with E-state index in [1.54, 1.807) is 12.1 Å². The summed E-state index contributed by atoms with van der Waals surface area (Å²) >= 11 is 0. The summed E-state index contributed by atoms with van der Waals surface area (Å²) in [5.74, 6) is -0.147. The van der Waals surface area contributed by atoms with Crippen LogP contribution in [0.15, 0.2) is 24.3 Å². The van der Waals surface area contributed by atoms with Gasteiger partial charge in [0.05, 0.1) is 0 Å². The fourth-order valence-corrected chi connectivity index (χ4v) is 1.52. The molecule has 78 valence electrons. The lowest BCUT2D eigenvalue weighted by Gasteiger charge is -2.14. The summed E-state index contributed by atoms with van der Waals surface area (Å²) in [6.45, 7) is 0.171. The summed E-state index contributed by atoms with van der Waals surface area (Å²) in [5, 5.41) is 17.6. The minimum atomic E-state index is -0.263. The van der Waals surface area contributed by atoms with Crippen LogP contribution in [0.4, 0.5) is 4.39 Å². The lowest BCUT2D eigenvalue weighted by atomic mass is 9.93. The predicted octanol–water partition coefficient (Wildman–Crippen LogP) is 1.67. The van der Waals surface area contributed by atoms with Crippen molar-refractivity contribution in [1.29, 1.82) is 0 Å². The Kier molecular flexibility index (Phi) is 4.56. The smallest absolute Gasteiger partial charge is 0.123 e. The Morgan fingerprint density at radius 2 is 1.50 bits per heavy atom. The summed E-state index contributed by atoms with van der Waals surface area (Å²) in [7, 11) is 0. The average molecular weight is 198 g/mol. The van der Waals surface area contributed by atoms with Gasteiger partial charge in [0, 0.05) is 13.2 Å². The summed E-state index contributed by atoms with van der Waals surface area (Å²) in [4.78, 5) is 0. The lowest BCUT2D eigenvalue weighted by molar-refractivity contribution is 0.242. The van der Waals surface area contributed by atoms with Gasteiger partial charge < -0.3 is 10.2 Å². The van der Waals surface area contributed by atoms with E-state index in [1.165, 1.54) is 12.1 Å². The minimum Gasteiger partial charge on any atom is -0.396 e. The topological polar surface area (TPSA) is 40.5 Å². The molecule has 0 bridgehead atoms. The van der Waals surface area contributed by atoms with Crippen molar-refractivity contribution < 1.29 is 14.6 Å². The van der Waals surface area contributed by atoms with Crippen LogP contribution >= 0.6 is 0 Å². The van der Waals surface area contributed by atoms with Gasteiger partial charge in [-0.2, -0.15) is 0 Å². The summed E-state index contributed by atoms with van der Waals surface area (Å²) in [6.07, 6.45) is 1.21. The fraction of sp³-hybridized carbons (Fsp3) is 0.455. The third-order valence-corrected chi connectivity index (χ3v) is 2.30. The minimum absolute atomic E-state index is 0.0854. The number of hydrogen-bond acceptors (Lipinski definition) is 2. The Balaban J connectivity index is 2.71. The molecule has 2 nitrogen and oxygen atoms in total. The van der Waals surface area contributed by atoms with Gasteiger partial charge in [-0.25, -0.2) is 4.39 Å². The number of benzene rings is 1. The quantitative estimate of drug-likeness (QED) is 0.755. The highest BCUT2D eigenvalue weighted by Crippen LogP contribution is 2.22. The van der Waals surface area contributed by atoms with E-state index in [9.17, 15) is 4.39 Å². The Morgan fingerprint density at radius 1 is 1.00 bits per heavy atom. The molecule has 0 aliphatic carbocycles. The highest BCUT2D eigenvalue weighted by molar-refractivity contribution is 5.20. The molecule has 2 N–H and O–H groups in total. The molecule has 14 heavy (non-hydrogen) atoms. The largest absolute Gasteiger partial charge is 0.396 e. The fourth-order valence-electron chi connectivity index (χ4n) is 1.52. The SMILES string of the molecule is OCCC(CCO)c1ccc(F)cc1. The normalized spacial score (nSPS) is 10.9. The van der Waals surface area contributed by atoms with Crippen LogP contribution in [0.25, 0.3) is 0 Å². The first-order chi connectivity index (χ1) is 6.77. The van der Waals surface area contributed by atoms with Crippen LogP contribution < -0.4 is 0 Å². The van der Waals surface area contributed by atoms with E-state index >= 15 is 0 Å². The number of halogens is 1. The first-order valence-corrected chi connectivity index (χ1v) is 4.75. The summed E-state index contributed by atoms with van der Waals surface area (Å²) in [6, 6.07) is 6.20. The molecule has 0 unspecified atom stereocenters. The van der Waals surface area contributed by atoms with E-state index < -0.39 is 0 Å². The van der Waals surface area contributed by atoms with Gasteiger partial charge in [-0.05, 0) is 36.5 Å². The van der Waals surface area contributed by atoms with E-state index in [-0.39, 0.29) is 24.9 Å². The molecule has 0 saturated carbocycles. The van der Waals surface area contributed by atoms with E-state index in [0.29, 0.717) is 12.8 Å². The van der Waals surface area contributed by atoms with Gasteiger partial charge in [0.25, 0.3) is 0 Å². The van der Waals surface area contributed by atoms with Gasteiger partial charge >= 0.3 is 0 Å². The molecular weight excluding hydrogens is 183 g/mol. The van der Waals surface area contributed by atoms with Gasteiger partial charge in [0.15, 0.2) is 0 Å². The van der Waals surface area contributed by atoms with Crippen molar-refractivity contribution in [1.82, 2.24) is 0 Å². The van der Waals surface area contributed by atoms with Gasteiger partial charge in [-0.1, -0.05) is 12.1 Å². The molecule has 1 rings (SSSR count). The van der Waals surface area contributed by atoms with E-state index in [2.05, 4.69) is 0 Å². The molecule has 0 radical (unpaired) electrons. The second-order valence-electron chi connectivity index (χ2n) is 3.27. The predicted molar refractivity (Wildman–Crippen MR) is 52.5 cm³/mol. The van der Waals surface area contributed by atoms with Crippen LogP contribution in [0.5, 0.6) is 0 Å². The molecule has 0 spiro atoms. The van der Waals surface area contributed by atoms with Crippen molar-refractivity contribution in [3.05, 3.63) is 35.6 Å².